The molecule has 3 rings (SSSR count). The monoisotopic (exact) mass is 312 g/mol. The number of nitrogens with two attached hydrogens (primary N) is 1. The zero-order valence-electron chi connectivity index (χ0n) is 11.8. The van der Waals surface area contributed by atoms with E-state index in [0.29, 0.717) is 0 Å². The molecule has 1 fully saturated rings. The highest BCUT2D eigenvalue weighted by Crippen LogP contribution is 2.45. The van der Waals surface area contributed by atoms with Gasteiger partial charge in [0.05, 0.1) is 13.2 Å². The highest BCUT2D eigenvalue weighted by Gasteiger charge is 2.61. The van der Waals surface area contributed by atoms with Crippen molar-refractivity contribution in [2.45, 2.75) is 29.4 Å². The average Bonchev–Trinajstić information content (AvgIpc) is 2.40. The SMILES string of the molecule is C[C@]12COC[C@H]([C@@](C)(c3ccccc3F)N=C1N)S2(=O)=O. The van der Waals surface area contributed by atoms with Crippen LogP contribution < -0.4 is 5.73 Å². The Balaban J connectivity index is 2.30. The predicted octanol–water partition coefficient (Wildman–Crippen LogP) is 0.984. The van der Waals surface area contributed by atoms with Crippen molar-refractivity contribution in [3.8, 4) is 0 Å². The number of nitrogens with zero attached hydrogens (tertiary/aromatic N) is 1. The molecule has 2 bridgehead atoms. The fourth-order valence-electron chi connectivity index (χ4n) is 3.08. The van der Waals surface area contributed by atoms with Crippen LogP contribution in [0.25, 0.3) is 0 Å². The summed E-state index contributed by atoms with van der Waals surface area (Å²) in [6, 6.07) is 6.03. The maximum atomic E-state index is 14.2. The molecule has 2 aliphatic rings. The number of halogens is 1. The molecule has 5 nitrogen and oxygen atoms in total. The van der Waals surface area contributed by atoms with E-state index in [1.807, 2.05) is 0 Å². The van der Waals surface area contributed by atoms with Crippen LogP contribution >= 0.6 is 0 Å². The molecule has 114 valence electrons. The lowest BCUT2D eigenvalue weighted by Gasteiger charge is -2.48. The highest BCUT2D eigenvalue weighted by atomic mass is 32.2. The minimum absolute atomic E-state index is 0.0143. The molecule has 3 atom stereocenters. The van der Waals surface area contributed by atoms with Crippen molar-refractivity contribution in [1.29, 1.82) is 0 Å². The summed E-state index contributed by atoms with van der Waals surface area (Å²) in [7, 11) is -3.63. The lowest BCUT2D eigenvalue weighted by molar-refractivity contribution is 0.0896. The number of rotatable bonds is 1. The van der Waals surface area contributed by atoms with Crippen LogP contribution in [0.3, 0.4) is 0 Å². The largest absolute Gasteiger partial charge is 0.386 e. The first-order valence-electron chi connectivity index (χ1n) is 6.65. The fourth-order valence-corrected chi connectivity index (χ4v) is 5.35. The number of hydrogen-bond acceptors (Lipinski definition) is 5. The molecule has 0 amide bonds. The maximum Gasteiger partial charge on any atom is 0.173 e. The Morgan fingerprint density at radius 2 is 2.05 bits per heavy atom. The summed E-state index contributed by atoms with van der Waals surface area (Å²) in [6.07, 6.45) is 0. The second-order valence-corrected chi connectivity index (χ2v) is 8.46. The van der Waals surface area contributed by atoms with E-state index in [-0.39, 0.29) is 24.6 Å². The van der Waals surface area contributed by atoms with Crippen LogP contribution in [0.2, 0.25) is 0 Å². The predicted molar refractivity (Wildman–Crippen MR) is 77.3 cm³/mol. The van der Waals surface area contributed by atoms with Gasteiger partial charge in [-0.3, -0.25) is 4.99 Å². The number of ether oxygens (including phenoxy) is 1. The highest BCUT2D eigenvalue weighted by molar-refractivity contribution is 7.94. The Bertz CT molecular complexity index is 733. The second kappa shape index (κ2) is 4.27. The Morgan fingerprint density at radius 1 is 1.38 bits per heavy atom. The van der Waals surface area contributed by atoms with E-state index in [1.54, 1.807) is 25.1 Å². The molecular weight excluding hydrogens is 295 g/mol. The van der Waals surface area contributed by atoms with Crippen molar-refractivity contribution >= 4 is 15.7 Å². The lowest BCUT2D eigenvalue weighted by Crippen LogP contribution is -2.67. The summed E-state index contributed by atoms with van der Waals surface area (Å²) >= 11 is 0. The van der Waals surface area contributed by atoms with Crippen LogP contribution in [0.15, 0.2) is 29.3 Å². The van der Waals surface area contributed by atoms with Gasteiger partial charge in [0, 0.05) is 5.56 Å². The standard InChI is InChI=1S/C14H17FN2O3S/c1-13-8-20-7-11(21(13,18)19)14(2,17-12(13)16)9-5-3-4-6-10(9)15/h3-6,11H,7-8H2,1-2H3,(H2,16,17)/t11-,13+,14-/m1/s1. The molecule has 0 unspecified atom stereocenters. The molecular formula is C14H17FN2O3S. The zero-order valence-corrected chi connectivity index (χ0v) is 12.7. The van der Waals surface area contributed by atoms with Crippen LogP contribution in [-0.4, -0.2) is 37.5 Å². The van der Waals surface area contributed by atoms with E-state index in [4.69, 9.17) is 10.5 Å². The van der Waals surface area contributed by atoms with Gasteiger partial charge in [-0.05, 0) is 19.9 Å². The Hall–Kier alpha value is -1.47. The van der Waals surface area contributed by atoms with E-state index >= 15 is 0 Å². The molecule has 0 aliphatic carbocycles. The Kier molecular flexibility index (Phi) is 2.94. The molecule has 1 aromatic carbocycles. The van der Waals surface area contributed by atoms with Gasteiger partial charge in [0.15, 0.2) is 9.84 Å². The van der Waals surface area contributed by atoms with E-state index in [9.17, 15) is 12.8 Å². The van der Waals surface area contributed by atoms with Crippen molar-refractivity contribution in [2.24, 2.45) is 10.7 Å². The lowest BCUT2D eigenvalue weighted by atomic mass is 9.87. The molecule has 0 spiro atoms. The normalized spacial score (nSPS) is 37.9. The van der Waals surface area contributed by atoms with Crippen LogP contribution in [0.4, 0.5) is 4.39 Å². The van der Waals surface area contributed by atoms with Crippen LogP contribution in [0, 0.1) is 5.82 Å². The first-order valence-corrected chi connectivity index (χ1v) is 8.20. The molecule has 1 saturated heterocycles. The molecule has 0 radical (unpaired) electrons. The molecule has 7 heteroatoms. The topological polar surface area (TPSA) is 81.8 Å². The molecule has 2 N–H and O–H groups in total. The summed E-state index contributed by atoms with van der Waals surface area (Å²) in [6.45, 7) is 3.07. The quantitative estimate of drug-likeness (QED) is 0.838. The maximum absolute atomic E-state index is 14.2. The van der Waals surface area contributed by atoms with Gasteiger partial charge in [0.25, 0.3) is 0 Å². The summed E-state index contributed by atoms with van der Waals surface area (Å²) in [5.41, 5.74) is 4.86. The van der Waals surface area contributed by atoms with Crippen molar-refractivity contribution in [2.75, 3.05) is 13.2 Å². The van der Waals surface area contributed by atoms with Crippen LogP contribution in [-0.2, 0) is 20.1 Å². The number of benzene rings is 1. The molecule has 2 heterocycles. The Labute approximate surface area is 122 Å². The first kappa shape index (κ1) is 14.5. The van der Waals surface area contributed by atoms with Crippen molar-refractivity contribution in [3.05, 3.63) is 35.6 Å². The third kappa shape index (κ3) is 1.70. The molecule has 21 heavy (non-hydrogen) atoms. The smallest absolute Gasteiger partial charge is 0.173 e. The van der Waals surface area contributed by atoms with Gasteiger partial charge in [0.2, 0.25) is 0 Å². The van der Waals surface area contributed by atoms with Crippen LogP contribution in [0.1, 0.15) is 19.4 Å². The average molecular weight is 312 g/mol. The number of aliphatic imine (C=N–C) groups is 1. The number of amidine groups is 1. The first-order chi connectivity index (χ1) is 9.73. The Morgan fingerprint density at radius 3 is 2.71 bits per heavy atom. The van der Waals surface area contributed by atoms with E-state index in [0.717, 1.165) is 0 Å². The van der Waals surface area contributed by atoms with Gasteiger partial charge in [-0.25, -0.2) is 12.8 Å². The molecule has 1 aromatic rings. The van der Waals surface area contributed by atoms with Crippen molar-refractivity contribution in [3.63, 3.8) is 0 Å². The number of hydrogen-bond donors (Lipinski definition) is 1. The summed E-state index contributed by atoms with van der Waals surface area (Å²) in [4.78, 5) is 4.39. The van der Waals surface area contributed by atoms with Crippen LogP contribution in [0.5, 0.6) is 0 Å². The zero-order chi connectivity index (χ0) is 15.5. The summed E-state index contributed by atoms with van der Waals surface area (Å²) in [5.74, 6) is -0.523. The molecule has 0 saturated carbocycles. The minimum atomic E-state index is -3.63. The second-order valence-electron chi connectivity index (χ2n) is 5.90. The van der Waals surface area contributed by atoms with Crippen molar-refractivity contribution in [1.82, 2.24) is 0 Å². The fraction of sp³-hybridized carbons (Fsp3) is 0.500. The van der Waals surface area contributed by atoms with Gasteiger partial charge in [0.1, 0.15) is 27.2 Å². The van der Waals surface area contributed by atoms with Gasteiger partial charge in [-0.15, -0.1) is 0 Å². The number of sulfone groups is 1. The van der Waals surface area contributed by atoms with E-state index in [2.05, 4.69) is 4.99 Å². The molecule has 2 aliphatic heterocycles. The summed E-state index contributed by atoms with van der Waals surface area (Å²) in [5, 5.41) is -0.951. The number of fused-ring (bicyclic) bond motifs is 2. The van der Waals surface area contributed by atoms with Gasteiger partial charge < -0.3 is 10.5 Å². The third-order valence-electron chi connectivity index (χ3n) is 4.59. The van der Waals surface area contributed by atoms with E-state index in [1.165, 1.54) is 13.0 Å². The van der Waals surface area contributed by atoms with Crippen molar-refractivity contribution < 1.29 is 17.5 Å². The van der Waals surface area contributed by atoms with Gasteiger partial charge in [-0.1, -0.05) is 18.2 Å². The van der Waals surface area contributed by atoms with Gasteiger partial charge >= 0.3 is 0 Å². The summed E-state index contributed by atoms with van der Waals surface area (Å²) < 4.78 is 44.0. The van der Waals surface area contributed by atoms with E-state index < -0.39 is 31.2 Å². The van der Waals surface area contributed by atoms with Gasteiger partial charge in [-0.2, -0.15) is 0 Å². The third-order valence-corrected chi connectivity index (χ3v) is 7.52. The molecule has 0 aromatic heterocycles. The minimum Gasteiger partial charge on any atom is -0.386 e.